The molecule has 3 aromatic carbocycles. The molecule has 184 valence electrons. The van der Waals surface area contributed by atoms with Crippen LogP contribution in [0.3, 0.4) is 0 Å². The molecule has 0 spiro atoms. The number of carboxylic acid groups (broad SMARTS) is 1. The van der Waals surface area contributed by atoms with Gasteiger partial charge < -0.3 is 10.4 Å². The molecule has 6 nitrogen and oxygen atoms in total. The van der Waals surface area contributed by atoms with Gasteiger partial charge in [0.1, 0.15) is 5.69 Å². The second-order valence-electron chi connectivity index (χ2n) is 8.84. The number of piperidine rings is 1. The lowest BCUT2D eigenvalue weighted by molar-refractivity contribution is -0.137. The average Bonchev–Trinajstić information content (AvgIpc) is 3.39. The minimum Gasteiger partial charge on any atom is -0.478 e. The van der Waals surface area contributed by atoms with Crippen molar-refractivity contribution < 1.29 is 23.1 Å². The van der Waals surface area contributed by atoms with Gasteiger partial charge in [-0.1, -0.05) is 41.6 Å². The SMILES string of the molecule is O=C(O)c1cc(-c2ccc(C3CCNCC3)cc2)cc(-n2cc(-c3ccc(C(F)(F)F)cc3)nn2)c1. The van der Waals surface area contributed by atoms with Crippen LogP contribution in [0.25, 0.3) is 28.1 Å². The third-order valence-electron chi connectivity index (χ3n) is 6.49. The normalized spacial score (nSPS) is 14.6. The molecule has 0 radical (unpaired) electrons. The van der Waals surface area contributed by atoms with Crippen LogP contribution in [-0.4, -0.2) is 39.2 Å². The zero-order valence-corrected chi connectivity index (χ0v) is 19.2. The molecule has 0 amide bonds. The minimum absolute atomic E-state index is 0.0940. The summed E-state index contributed by atoms with van der Waals surface area (Å²) in [6.07, 6.45) is -0.680. The van der Waals surface area contributed by atoms with Crippen molar-refractivity contribution in [2.45, 2.75) is 24.9 Å². The predicted octanol–water partition coefficient (Wildman–Crippen LogP) is 5.79. The van der Waals surface area contributed by atoms with Gasteiger partial charge in [-0.25, -0.2) is 9.48 Å². The van der Waals surface area contributed by atoms with Gasteiger partial charge in [-0.15, -0.1) is 5.10 Å². The number of nitrogens with zero attached hydrogens (tertiary/aromatic N) is 3. The highest BCUT2D eigenvalue weighted by Gasteiger charge is 2.30. The molecule has 1 aliphatic rings. The Morgan fingerprint density at radius 2 is 1.58 bits per heavy atom. The quantitative estimate of drug-likeness (QED) is 0.369. The van der Waals surface area contributed by atoms with Gasteiger partial charge in [-0.3, -0.25) is 0 Å². The summed E-state index contributed by atoms with van der Waals surface area (Å²) in [5, 5.41) is 21.2. The molecule has 1 aromatic heterocycles. The zero-order valence-electron chi connectivity index (χ0n) is 19.2. The van der Waals surface area contributed by atoms with Crippen LogP contribution >= 0.6 is 0 Å². The summed E-state index contributed by atoms with van der Waals surface area (Å²) >= 11 is 0. The van der Waals surface area contributed by atoms with E-state index in [0.717, 1.165) is 43.6 Å². The highest BCUT2D eigenvalue weighted by atomic mass is 19.4. The number of carbonyl (C=O) groups is 1. The number of rotatable bonds is 5. The molecular formula is C27H23F3N4O2. The molecular weight excluding hydrogens is 469 g/mol. The fraction of sp³-hybridized carbons (Fsp3) is 0.222. The summed E-state index contributed by atoms with van der Waals surface area (Å²) in [5.74, 6) is -0.563. The standard InChI is InChI=1S/C27H23F3N4O2/c28-27(29,30)23-7-5-20(6-8-23)25-16-34(33-32-25)24-14-21(13-22(15-24)26(35)36)18-3-1-17(2-4-18)19-9-11-31-12-10-19/h1-8,13-16,19,31H,9-12H2,(H,35,36). The van der Waals surface area contributed by atoms with Gasteiger partial charge in [0.25, 0.3) is 0 Å². The van der Waals surface area contributed by atoms with Gasteiger partial charge in [0.15, 0.2) is 0 Å². The Kier molecular flexibility index (Phi) is 6.32. The van der Waals surface area contributed by atoms with Crippen molar-refractivity contribution in [1.29, 1.82) is 0 Å². The van der Waals surface area contributed by atoms with E-state index in [2.05, 4.69) is 27.8 Å². The second-order valence-corrected chi connectivity index (χ2v) is 8.84. The van der Waals surface area contributed by atoms with Crippen LogP contribution in [0.15, 0.2) is 72.9 Å². The van der Waals surface area contributed by atoms with Crippen molar-refractivity contribution in [3.05, 3.63) is 89.6 Å². The van der Waals surface area contributed by atoms with Gasteiger partial charge in [0, 0.05) is 5.56 Å². The molecule has 0 aliphatic carbocycles. The second kappa shape index (κ2) is 9.58. The van der Waals surface area contributed by atoms with Crippen LogP contribution in [0.5, 0.6) is 0 Å². The molecule has 0 atom stereocenters. The number of aromatic carboxylic acids is 1. The molecule has 9 heteroatoms. The summed E-state index contributed by atoms with van der Waals surface area (Å²) in [6.45, 7) is 2.01. The maximum atomic E-state index is 12.9. The summed E-state index contributed by atoms with van der Waals surface area (Å²) < 4.78 is 40.0. The lowest BCUT2D eigenvalue weighted by Crippen LogP contribution is -2.26. The van der Waals surface area contributed by atoms with E-state index in [-0.39, 0.29) is 5.56 Å². The van der Waals surface area contributed by atoms with Gasteiger partial charge in [0.2, 0.25) is 0 Å². The third kappa shape index (κ3) is 5.01. The van der Waals surface area contributed by atoms with Gasteiger partial charge in [0.05, 0.1) is 23.0 Å². The van der Waals surface area contributed by atoms with Crippen molar-refractivity contribution in [2.24, 2.45) is 0 Å². The third-order valence-corrected chi connectivity index (χ3v) is 6.49. The number of nitrogens with one attached hydrogen (secondary N) is 1. The molecule has 4 aromatic rings. The summed E-state index contributed by atoms with van der Waals surface area (Å²) in [4.78, 5) is 11.8. The molecule has 1 aliphatic heterocycles. The minimum atomic E-state index is -4.42. The van der Waals surface area contributed by atoms with Gasteiger partial charge >= 0.3 is 12.1 Å². The zero-order chi connectivity index (χ0) is 25.3. The number of benzene rings is 3. The molecule has 36 heavy (non-hydrogen) atoms. The van der Waals surface area contributed by atoms with Crippen molar-refractivity contribution in [2.75, 3.05) is 13.1 Å². The van der Waals surface area contributed by atoms with E-state index in [1.54, 1.807) is 12.3 Å². The van der Waals surface area contributed by atoms with E-state index in [1.165, 1.54) is 28.4 Å². The molecule has 2 N–H and O–H groups in total. The fourth-order valence-corrected chi connectivity index (χ4v) is 4.49. The number of aromatic nitrogens is 3. The van der Waals surface area contributed by atoms with Crippen LogP contribution in [0.1, 0.15) is 40.2 Å². The topological polar surface area (TPSA) is 80.0 Å². The lowest BCUT2D eigenvalue weighted by Gasteiger charge is -2.23. The van der Waals surface area contributed by atoms with Crippen LogP contribution in [-0.2, 0) is 6.18 Å². The Labute approximate surface area is 205 Å². The monoisotopic (exact) mass is 492 g/mol. The Balaban J connectivity index is 1.45. The molecule has 5 rings (SSSR count). The fourth-order valence-electron chi connectivity index (χ4n) is 4.49. The van der Waals surface area contributed by atoms with E-state index in [0.29, 0.717) is 28.4 Å². The van der Waals surface area contributed by atoms with Crippen LogP contribution < -0.4 is 5.32 Å². The molecule has 1 saturated heterocycles. The Morgan fingerprint density at radius 3 is 2.22 bits per heavy atom. The van der Waals surface area contributed by atoms with Crippen molar-refractivity contribution in [3.8, 4) is 28.1 Å². The average molecular weight is 493 g/mol. The lowest BCUT2D eigenvalue weighted by atomic mass is 9.89. The summed E-state index contributed by atoms with van der Waals surface area (Å²) in [7, 11) is 0. The van der Waals surface area contributed by atoms with E-state index < -0.39 is 17.7 Å². The maximum Gasteiger partial charge on any atom is 0.416 e. The molecule has 0 bridgehead atoms. The predicted molar refractivity (Wildman–Crippen MR) is 129 cm³/mol. The molecule has 2 heterocycles. The number of hydrogen-bond acceptors (Lipinski definition) is 4. The van der Waals surface area contributed by atoms with Gasteiger partial charge in [-0.05, 0) is 78.9 Å². The van der Waals surface area contributed by atoms with E-state index in [4.69, 9.17) is 0 Å². The molecule has 0 unspecified atom stereocenters. The largest absolute Gasteiger partial charge is 0.478 e. The highest BCUT2D eigenvalue weighted by Crippen LogP contribution is 2.32. The first-order chi connectivity index (χ1) is 17.3. The molecule has 1 fully saturated rings. The van der Waals surface area contributed by atoms with E-state index >= 15 is 0 Å². The number of alkyl halides is 3. The first-order valence-corrected chi connectivity index (χ1v) is 11.6. The first-order valence-electron chi connectivity index (χ1n) is 11.6. The van der Waals surface area contributed by atoms with Crippen LogP contribution in [0, 0.1) is 0 Å². The maximum absolute atomic E-state index is 12.9. The van der Waals surface area contributed by atoms with Crippen LogP contribution in [0.2, 0.25) is 0 Å². The summed E-state index contributed by atoms with van der Waals surface area (Å²) in [5.41, 5.74) is 3.54. The van der Waals surface area contributed by atoms with E-state index in [9.17, 15) is 23.1 Å². The van der Waals surface area contributed by atoms with Crippen LogP contribution in [0.4, 0.5) is 13.2 Å². The first kappa shape index (κ1) is 23.7. The Bertz CT molecular complexity index is 1370. The molecule has 0 saturated carbocycles. The van der Waals surface area contributed by atoms with E-state index in [1.807, 2.05) is 18.2 Å². The summed E-state index contributed by atoms with van der Waals surface area (Å²) in [6, 6.07) is 17.7. The smallest absolute Gasteiger partial charge is 0.416 e. The van der Waals surface area contributed by atoms with Gasteiger partial charge in [-0.2, -0.15) is 13.2 Å². The Hall–Kier alpha value is -3.98. The number of halogens is 3. The highest BCUT2D eigenvalue weighted by molar-refractivity contribution is 5.90. The Morgan fingerprint density at radius 1 is 0.917 bits per heavy atom. The van der Waals surface area contributed by atoms with Crippen molar-refractivity contribution in [1.82, 2.24) is 20.3 Å². The number of hydrogen-bond donors (Lipinski definition) is 2. The number of carboxylic acids is 1. The van der Waals surface area contributed by atoms with Crippen molar-refractivity contribution >= 4 is 5.97 Å². The van der Waals surface area contributed by atoms with Crippen molar-refractivity contribution in [3.63, 3.8) is 0 Å².